The summed E-state index contributed by atoms with van der Waals surface area (Å²) in [5.74, 6) is -2.72. The van der Waals surface area contributed by atoms with Gasteiger partial charge < -0.3 is 10.2 Å². The second kappa shape index (κ2) is 7.43. The van der Waals surface area contributed by atoms with Crippen molar-refractivity contribution in [3.63, 3.8) is 0 Å². The van der Waals surface area contributed by atoms with Crippen molar-refractivity contribution in [2.75, 3.05) is 37.2 Å². The number of sulfonamides is 1. The molecule has 134 valence electrons. The van der Waals surface area contributed by atoms with Crippen molar-refractivity contribution >= 4 is 21.6 Å². The van der Waals surface area contributed by atoms with E-state index in [2.05, 4.69) is 10.2 Å². The van der Waals surface area contributed by atoms with Crippen LogP contribution in [0.1, 0.15) is 12.8 Å². The first-order chi connectivity index (χ1) is 11.2. The fourth-order valence-electron chi connectivity index (χ4n) is 2.60. The summed E-state index contributed by atoms with van der Waals surface area (Å²) in [7, 11) is -1.82. The van der Waals surface area contributed by atoms with Crippen LogP contribution in [0.4, 0.5) is 14.5 Å². The number of halogens is 2. The van der Waals surface area contributed by atoms with Crippen LogP contribution in [0, 0.1) is 11.6 Å². The van der Waals surface area contributed by atoms with Crippen LogP contribution >= 0.6 is 0 Å². The Bertz CT molecular complexity index is 704. The third-order valence-corrected chi connectivity index (χ3v) is 5.10. The fourth-order valence-corrected chi connectivity index (χ4v) is 3.45. The third kappa shape index (κ3) is 4.88. The Balaban J connectivity index is 2.09. The Morgan fingerprint density at radius 1 is 1.29 bits per heavy atom. The zero-order valence-corrected chi connectivity index (χ0v) is 14.4. The van der Waals surface area contributed by atoms with Gasteiger partial charge in [0.2, 0.25) is 15.9 Å². The van der Waals surface area contributed by atoms with Crippen molar-refractivity contribution in [2.24, 2.45) is 0 Å². The monoisotopic (exact) mass is 361 g/mol. The molecule has 1 aliphatic rings. The van der Waals surface area contributed by atoms with Gasteiger partial charge in [0, 0.05) is 12.1 Å². The summed E-state index contributed by atoms with van der Waals surface area (Å²) < 4.78 is 51.0. The smallest absolute Gasteiger partial charge is 0.240 e. The number of carbonyl (C=O) groups excluding carboxylic acids is 1. The minimum absolute atomic E-state index is 0.0138. The molecular formula is C15H21F2N3O3S. The molecule has 2 rings (SSSR count). The molecule has 1 aromatic rings. The number of hydrogen-bond acceptors (Lipinski definition) is 4. The van der Waals surface area contributed by atoms with E-state index in [0.29, 0.717) is 0 Å². The quantitative estimate of drug-likeness (QED) is 0.848. The van der Waals surface area contributed by atoms with E-state index in [4.69, 9.17) is 0 Å². The highest BCUT2D eigenvalue weighted by molar-refractivity contribution is 7.92. The van der Waals surface area contributed by atoms with Crippen LogP contribution in [0.15, 0.2) is 18.2 Å². The van der Waals surface area contributed by atoms with Crippen molar-refractivity contribution in [3.05, 3.63) is 29.8 Å². The van der Waals surface area contributed by atoms with Gasteiger partial charge in [0.05, 0.1) is 11.9 Å². The van der Waals surface area contributed by atoms with E-state index in [1.165, 1.54) is 0 Å². The summed E-state index contributed by atoms with van der Waals surface area (Å²) >= 11 is 0. The van der Waals surface area contributed by atoms with Crippen molar-refractivity contribution < 1.29 is 22.0 Å². The number of hydrogen-bond donors (Lipinski definition) is 1. The molecular weight excluding hydrogens is 340 g/mol. The molecule has 1 fully saturated rings. The maximum Gasteiger partial charge on any atom is 0.240 e. The van der Waals surface area contributed by atoms with Gasteiger partial charge in [0.15, 0.2) is 11.6 Å². The van der Waals surface area contributed by atoms with Gasteiger partial charge in [-0.25, -0.2) is 17.2 Å². The van der Waals surface area contributed by atoms with Crippen molar-refractivity contribution in [2.45, 2.75) is 18.9 Å². The Kier molecular flexibility index (Phi) is 5.76. The lowest BCUT2D eigenvalue weighted by Crippen LogP contribution is -2.47. The van der Waals surface area contributed by atoms with Crippen LogP contribution in [0.3, 0.4) is 0 Å². The first-order valence-corrected chi connectivity index (χ1v) is 9.42. The molecule has 0 atom stereocenters. The van der Waals surface area contributed by atoms with Gasteiger partial charge in [-0.3, -0.25) is 9.10 Å². The van der Waals surface area contributed by atoms with Crippen LogP contribution in [-0.4, -0.2) is 58.2 Å². The summed E-state index contributed by atoms with van der Waals surface area (Å²) in [5, 5.41) is 2.80. The molecule has 1 N–H and O–H groups in total. The van der Waals surface area contributed by atoms with E-state index in [9.17, 15) is 22.0 Å². The summed E-state index contributed by atoms with van der Waals surface area (Å²) in [5.41, 5.74) is -0.0880. The second-order valence-electron chi connectivity index (χ2n) is 6.01. The minimum atomic E-state index is -3.82. The number of anilines is 1. The molecule has 1 saturated heterocycles. The molecule has 0 unspecified atom stereocenters. The van der Waals surface area contributed by atoms with Crippen molar-refractivity contribution in [1.29, 1.82) is 0 Å². The predicted octanol–water partition coefficient (Wildman–Crippen LogP) is 0.941. The molecule has 0 bridgehead atoms. The number of carbonyl (C=O) groups is 1. The molecule has 1 heterocycles. The zero-order chi connectivity index (χ0) is 17.9. The maximum atomic E-state index is 13.4. The molecule has 24 heavy (non-hydrogen) atoms. The summed E-state index contributed by atoms with van der Waals surface area (Å²) in [4.78, 5) is 14.3. The van der Waals surface area contributed by atoms with Gasteiger partial charge in [-0.05, 0) is 45.1 Å². The summed E-state index contributed by atoms with van der Waals surface area (Å²) in [6.07, 6.45) is 2.48. The predicted molar refractivity (Wildman–Crippen MR) is 87.2 cm³/mol. The SMILES string of the molecule is CN1CCC(NC(=O)CN(c2ccc(F)c(F)c2)S(C)(=O)=O)CC1. The number of nitrogens with zero attached hydrogens (tertiary/aromatic N) is 2. The lowest BCUT2D eigenvalue weighted by molar-refractivity contribution is -0.120. The average Bonchev–Trinajstić information content (AvgIpc) is 2.49. The molecule has 1 aromatic carbocycles. The standard InChI is InChI=1S/C15H21F2N3O3S/c1-19-7-5-11(6-8-19)18-15(21)10-20(24(2,22)23)12-3-4-13(16)14(17)9-12/h3-4,9,11H,5-8,10H2,1-2H3,(H,18,21). The largest absolute Gasteiger partial charge is 0.352 e. The van der Waals surface area contributed by atoms with Crippen molar-refractivity contribution in [3.8, 4) is 0 Å². The first-order valence-electron chi connectivity index (χ1n) is 7.57. The van der Waals surface area contributed by atoms with Crippen LogP contribution in [0.5, 0.6) is 0 Å². The molecule has 0 aromatic heterocycles. The second-order valence-corrected chi connectivity index (χ2v) is 7.92. The molecule has 0 radical (unpaired) electrons. The lowest BCUT2D eigenvalue weighted by Gasteiger charge is -2.30. The molecule has 9 heteroatoms. The van der Waals surface area contributed by atoms with E-state index in [0.717, 1.165) is 54.7 Å². The number of rotatable bonds is 5. The highest BCUT2D eigenvalue weighted by atomic mass is 32.2. The van der Waals surface area contributed by atoms with Crippen LogP contribution in [0.2, 0.25) is 0 Å². The normalized spacial score (nSPS) is 16.8. The Hall–Kier alpha value is -1.74. The van der Waals surface area contributed by atoms with Gasteiger partial charge in [-0.2, -0.15) is 0 Å². The summed E-state index contributed by atoms with van der Waals surface area (Å²) in [6.45, 7) is 1.23. The van der Waals surface area contributed by atoms with Gasteiger partial charge in [0.25, 0.3) is 0 Å². The number of likely N-dealkylation sites (tertiary alicyclic amines) is 1. The zero-order valence-electron chi connectivity index (χ0n) is 13.6. The van der Waals surface area contributed by atoms with Gasteiger partial charge in [-0.1, -0.05) is 0 Å². The summed E-state index contributed by atoms with van der Waals surface area (Å²) in [6, 6.07) is 2.71. The van der Waals surface area contributed by atoms with Crippen LogP contribution in [-0.2, 0) is 14.8 Å². The fraction of sp³-hybridized carbons (Fsp3) is 0.533. The van der Waals surface area contributed by atoms with E-state index < -0.39 is 34.1 Å². The van der Waals surface area contributed by atoms with E-state index in [1.807, 2.05) is 7.05 Å². The average molecular weight is 361 g/mol. The van der Waals surface area contributed by atoms with Crippen molar-refractivity contribution in [1.82, 2.24) is 10.2 Å². The maximum absolute atomic E-state index is 13.4. The van der Waals surface area contributed by atoms with E-state index in [-0.39, 0.29) is 11.7 Å². The van der Waals surface area contributed by atoms with E-state index >= 15 is 0 Å². The molecule has 6 nitrogen and oxygen atoms in total. The topological polar surface area (TPSA) is 69.7 Å². The Morgan fingerprint density at radius 3 is 2.46 bits per heavy atom. The van der Waals surface area contributed by atoms with Gasteiger partial charge in [0.1, 0.15) is 6.54 Å². The Morgan fingerprint density at radius 2 is 1.92 bits per heavy atom. The highest BCUT2D eigenvalue weighted by Crippen LogP contribution is 2.20. The van der Waals surface area contributed by atoms with Gasteiger partial charge >= 0.3 is 0 Å². The highest BCUT2D eigenvalue weighted by Gasteiger charge is 2.24. The number of piperidine rings is 1. The van der Waals surface area contributed by atoms with E-state index in [1.54, 1.807) is 0 Å². The number of amides is 1. The van der Waals surface area contributed by atoms with Crippen LogP contribution in [0.25, 0.3) is 0 Å². The molecule has 0 saturated carbocycles. The molecule has 1 aliphatic heterocycles. The Labute approximate surface area is 140 Å². The number of benzene rings is 1. The third-order valence-electron chi connectivity index (χ3n) is 3.96. The first kappa shape index (κ1) is 18.6. The minimum Gasteiger partial charge on any atom is -0.352 e. The molecule has 0 spiro atoms. The van der Waals surface area contributed by atoms with Crippen LogP contribution < -0.4 is 9.62 Å². The molecule has 0 aliphatic carbocycles. The number of nitrogens with one attached hydrogen (secondary N) is 1. The lowest BCUT2D eigenvalue weighted by atomic mass is 10.1. The van der Waals surface area contributed by atoms with Gasteiger partial charge in [-0.15, -0.1) is 0 Å². The molecule has 1 amide bonds.